The molecule has 3 heteroatoms. The van der Waals surface area contributed by atoms with Gasteiger partial charge in [0.15, 0.2) is 0 Å². The van der Waals surface area contributed by atoms with E-state index in [4.69, 9.17) is 4.52 Å². The van der Waals surface area contributed by atoms with Gasteiger partial charge < -0.3 is 9.84 Å². The Hall–Kier alpha value is -0.830. The number of rotatable bonds is 5. The van der Waals surface area contributed by atoms with Gasteiger partial charge in [0.2, 0.25) is 0 Å². The molecule has 3 nitrogen and oxygen atoms in total. The summed E-state index contributed by atoms with van der Waals surface area (Å²) in [6.45, 7) is 11.5. The van der Waals surface area contributed by atoms with Crippen LogP contribution in [0.3, 0.4) is 0 Å². The van der Waals surface area contributed by atoms with Gasteiger partial charge in [-0.25, -0.2) is 0 Å². The molecule has 1 aromatic rings. The Labute approximate surface area is 92.2 Å². The van der Waals surface area contributed by atoms with Crippen LogP contribution in [0.4, 0.5) is 0 Å². The highest BCUT2D eigenvalue weighted by atomic mass is 16.5. The first-order valence-electron chi connectivity index (χ1n) is 5.65. The molecular formula is C12H22N2O. The lowest BCUT2D eigenvalue weighted by atomic mass is 10.0. The van der Waals surface area contributed by atoms with Crippen molar-refractivity contribution in [3.05, 3.63) is 17.0 Å². The van der Waals surface area contributed by atoms with E-state index in [1.54, 1.807) is 0 Å². The van der Waals surface area contributed by atoms with Crippen LogP contribution in [0.5, 0.6) is 0 Å². The van der Waals surface area contributed by atoms with Crippen LogP contribution in [0.1, 0.15) is 44.2 Å². The summed E-state index contributed by atoms with van der Waals surface area (Å²) in [6, 6.07) is 0.540. The van der Waals surface area contributed by atoms with Crippen molar-refractivity contribution in [3.63, 3.8) is 0 Å². The lowest BCUT2D eigenvalue weighted by molar-refractivity contribution is 0.390. The highest BCUT2D eigenvalue weighted by molar-refractivity contribution is 5.20. The lowest BCUT2D eigenvalue weighted by Gasteiger charge is -2.15. The molecule has 1 unspecified atom stereocenters. The third-order valence-corrected chi connectivity index (χ3v) is 2.63. The van der Waals surface area contributed by atoms with E-state index in [1.165, 1.54) is 12.0 Å². The van der Waals surface area contributed by atoms with Crippen LogP contribution < -0.4 is 5.32 Å². The molecule has 0 spiro atoms. The van der Waals surface area contributed by atoms with E-state index in [0.717, 1.165) is 23.9 Å². The number of aryl methyl sites for hydroxylation is 2. The molecule has 0 saturated carbocycles. The van der Waals surface area contributed by atoms with Gasteiger partial charge in [0, 0.05) is 18.2 Å². The maximum atomic E-state index is 5.12. The average Bonchev–Trinajstić information content (AvgIpc) is 2.42. The highest BCUT2D eigenvalue weighted by Gasteiger charge is 2.10. The number of aromatic nitrogens is 1. The lowest BCUT2D eigenvalue weighted by Crippen LogP contribution is -2.27. The van der Waals surface area contributed by atoms with Gasteiger partial charge >= 0.3 is 0 Å². The summed E-state index contributed by atoms with van der Waals surface area (Å²) in [5.74, 6) is 1.66. The second-order valence-electron chi connectivity index (χ2n) is 4.71. The Balaban J connectivity index is 2.43. The first-order chi connectivity index (χ1) is 7.00. The molecule has 1 rings (SSSR count). The molecule has 1 heterocycles. The molecule has 1 aromatic heterocycles. The van der Waals surface area contributed by atoms with E-state index in [1.807, 2.05) is 13.8 Å². The first kappa shape index (κ1) is 12.2. The van der Waals surface area contributed by atoms with Crippen molar-refractivity contribution in [1.29, 1.82) is 0 Å². The molecule has 0 aliphatic carbocycles. The van der Waals surface area contributed by atoms with E-state index in [2.05, 4.69) is 31.2 Å². The van der Waals surface area contributed by atoms with Gasteiger partial charge in [0.25, 0.3) is 0 Å². The van der Waals surface area contributed by atoms with Crippen molar-refractivity contribution in [3.8, 4) is 0 Å². The van der Waals surface area contributed by atoms with Crippen molar-refractivity contribution in [2.75, 3.05) is 0 Å². The Morgan fingerprint density at radius 2 is 1.93 bits per heavy atom. The average molecular weight is 210 g/mol. The predicted octanol–water partition coefficient (Wildman–Crippen LogP) is 2.82. The van der Waals surface area contributed by atoms with Crippen LogP contribution in [-0.2, 0) is 6.54 Å². The minimum Gasteiger partial charge on any atom is -0.361 e. The zero-order valence-electron chi connectivity index (χ0n) is 10.4. The molecule has 1 N–H and O–H groups in total. The van der Waals surface area contributed by atoms with Crippen LogP contribution >= 0.6 is 0 Å². The molecule has 0 amide bonds. The summed E-state index contributed by atoms with van der Waals surface area (Å²) in [7, 11) is 0. The van der Waals surface area contributed by atoms with Gasteiger partial charge in [-0.1, -0.05) is 19.0 Å². The van der Waals surface area contributed by atoms with Gasteiger partial charge in [0.05, 0.1) is 5.69 Å². The Morgan fingerprint density at radius 3 is 2.40 bits per heavy atom. The second kappa shape index (κ2) is 5.31. The molecule has 86 valence electrons. The van der Waals surface area contributed by atoms with E-state index in [9.17, 15) is 0 Å². The third-order valence-electron chi connectivity index (χ3n) is 2.63. The fraction of sp³-hybridized carbons (Fsp3) is 0.750. The number of hydrogen-bond donors (Lipinski definition) is 1. The molecule has 0 bridgehead atoms. The molecular weight excluding hydrogens is 188 g/mol. The topological polar surface area (TPSA) is 38.1 Å². The largest absolute Gasteiger partial charge is 0.361 e. The highest BCUT2D eigenvalue weighted by Crippen LogP contribution is 2.12. The van der Waals surface area contributed by atoms with E-state index < -0.39 is 0 Å². The Bertz CT molecular complexity index is 285. The monoisotopic (exact) mass is 210 g/mol. The van der Waals surface area contributed by atoms with Crippen LogP contribution in [0, 0.1) is 19.8 Å². The summed E-state index contributed by atoms with van der Waals surface area (Å²) < 4.78 is 5.12. The standard InChI is InChI=1S/C12H22N2O/c1-8(2)6-9(3)13-7-12-10(4)14-15-11(12)5/h8-9,13H,6-7H2,1-5H3. The van der Waals surface area contributed by atoms with Gasteiger partial charge in [0.1, 0.15) is 5.76 Å². The van der Waals surface area contributed by atoms with Crippen LogP contribution in [0.2, 0.25) is 0 Å². The quantitative estimate of drug-likeness (QED) is 0.812. The second-order valence-corrected chi connectivity index (χ2v) is 4.71. The SMILES string of the molecule is Cc1noc(C)c1CNC(C)CC(C)C. The molecule has 0 radical (unpaired) electrons. The molecule has 0 aromatic carbocycles. The fourth-order valence-electron chi connectivity index (χ4n) is 1.82. The summed E-state index contributed by atoms with van der Waals surface area (Å²) in [5, 5.41) is 7.44. The predicted molar refractivity (Wildman–Crippen MR) is 61.7 cm³/mol. The van der Waals surface area contributed by atoms with Crippen molar-refractivity contribution in [1.82, 2.24) is 10.5 Å². The number of nitrogens with zero attached hydrogens (tertiary/aromatic N) is 1. The molecule has 0 aliphatic heterocycles. The van der Waals surface area contributed by atoms with Gasteiger partial charge in [-0.2, -0.15) is 0 Å². The summed E-state index contributed by atoms with van der Waals surface area (Å²) in [5.41, 5.74) is 2.20. The van der Waals surface area contributed by atoms with Gasteiger partial charge in [-0.05, 0) is 33.1 Å². The van der Waals surface area contributed by atoms with Crippen molar-refractivity contribution in [2.24, 2.45) is 5.92 Å². The van der Waals surface area contributed by atoms with Crippen molar-refractivity contribution >= 4 is 0 Å². The van der Waals surface area contributed by atoms with Crippen LogP contribution in [0.25, 0.3) is 0 Å². The normalized spacial score (nSPS) is 13.5. The molecule has 0 fully saturated rings. The van der Waals surface area contributed by atoms with E-state index in [-0.39, 0.29) is 0 Å². The van der Waals surface area contributed by atoms with E-state index >= 15 is 0 Å². The van der Waals surface area contributed by atoms with Crippen LogP contribution in [-0.4, -0.2) is 11.2 Å². The van der Waals surface area contributed by atoms with E-state index in [0.29, 0.717) is 6.04 Å². The third kappa shape index (κ3) is 3.67. The summed E-state index contributed by atoms with van der Waals surface area (Å²) in [6.07, 6.45) is 1.20. The molecule has 0 aliphatic rings. The molecule has 15 heavy (non-hydrogen) atoms. The fourth-order valence-corrected chi connectivity index (χ4v) is 1.82. The first-order valence-corrected chi connectivity index (χ1v) is 5.65. The smallest absolute Gasteiger partial charge is 0.138 e. The maximum Gasteiger partial charge on any atom is 0.138 e. The van der Waals surface area contributed by atoms with Crippen molar-refractivity contribution < 1.29 is 4.52 Å². The molecule has 0 saturated heterocycles. The zero-order chi connectivity index (χ0) is 11.4. The minimum absolute atomic E-state index is 0.540. The number of nitrogens with one attached hydrogen (secondary N) is 1. The maximum absolute atomic E-state index is 5.12. The van der Waals surface area contributed by atoms with Gasteiger partial charge in [-0.3, -0.25) is 0 Å². The van der Waals surface area contributed by atoms with Crippen LogP contribution in [0.15, 0.2) is 4.52 Å². The summed E-state index contributed by atoms with van der Waals surface area (Å²) >= 11 is 0. The zero-order valence-corrected chi connectivity index (χ0v) is 10.4. The molecule has 1 atom stereocenters. The van der Waals surface area contributed by atoms with Crippen molar-refractivity contribution in [2.45, 2.75) is 53.6 Å². The summed E-state index contributed by atoms with van der Waals surface area (Å²) in [4.78, 5) is 0. The van der Waals surface area contributed by atoms with Gasteiger partial charge in [-0.15, -0.1) is 0 Å². The number of hydrogen-bond acceptors (Lipinski definition) is 3. The Morgan fingerprint density at radius 1 is 1.27 bits per heavy atom. The minimum atomic E-state index is 0.540. The Kier molecular flexibility index (Phi) is 4.33.